The summed E-state index contributed by atoms with van der Waals surface area (Å²) in [6.45, 7) is 6.01. The van der Waals surface area contributed by atoms with E-state index >= 15 is 0 Å². The van der Waals surface area contributed by atoms with Gasteiger partial charge in [-0.1, -0.05) is 18.2 Å². The van der Waals surface area contributed by atoms with E-state index in [4.69, 9.17) is 9.47 Å². The zero-order valence-corrected chi connectivity index (χ0v) is 25.8. The predicted octanol–water partition coefficient (Wildman–Crippen LogP) is 4.91. The number of fused-ring (bicyclic) bond motifs is 1. The number of halogens is 3. The quantitative estimate of drug-likeness (QED) is 0.411. The van der Waals surface area contributed by atoms with Gasteiger partial charge in [0, 0.05) is 12.8 Å². The van der Waals surface area contributed by atoms with E-state index in [0.717, 1.165) is 18.4 Å². The summed E-state index contributed by atoms with van der Waals surface area (Å²) in [5.74, 6) is -0.298. The van der Waals surface area contributed by atoms with Crippen molar-refractivity contribution in [3.63, 3.8) is 0 Å². The van der Waals surface area contributed by atoms with Crippen molar-refractivity contribution in [2.45, 2.75) is 56.1 Å². The lowest BCUT2D eigenvalue weighted by Crippen LogP contribution is -2.41. The van der Waals surface area contributed by atoms with Crippen molar-refractivity contribution in [1.82, 2.24) is 14.9 Å². The Kier molecular flexibility index (Phi) is 8.53. The number of hydrogen-bond donors (Lipinski definition) is 1. The maximum atomic E-state index is 13.6. The van der Waals surface area contributed by atoms with E-state index in [-0.39, 0.29) is 29.7 Å². The maximum Gasteiger partial charge on any atom is 0.416 e. The van der Waals surface area contributed by atoms with Gasteiger partial charge in [-0.15, -0.1) is 0 Å². The summed E-state index contributed by atoms with van der Waals surface area (Å²) >= 11 is 0. The molecule has 0 bridgehead atoms. The van der Waals surface area contributed by atoms with Gasteiger partial charge in [-0.3, -0.25) is 9.69 Å². The Morgan fingerprint density at radius 1 is 1.04 bits per heavy atom. The first-order valence-electron chi connectivity index (χ1n) is 14.0. The average molecular weight is 648 g/mol. The number of hydrogen-bond acceptors (Lipinski definition) is 9. The van der Waals surface area contributed by atoms with Crippen molar-refractivity contribution in [1.29, 1.82) is 0 Å². The van der Waals surface area contributed by atoms with Crippen molar-refractivity contribution in [3.05, 3.63) is 77.1 Å². The topological polar surface area (TPSA) is 131 Å². The van der Waals surface area contributed by atoms with E-state index in [2.05, 4.69) is 15.3 Å². The fraction of sp³-hybridized carbons (Fsp3) is 0.400. The van der Waals surface area contributed by atoms with Gasteiger partial charge in [0.05, 0.1) is 54.3 Å². The van der Waals surface area contributed by atoms with Crippen LogP contribution >= 0.6 is 0 Å². The average Bonchev–Trinajstić information content (AvgIpc) is 3.35. The molecule has 5 rings (SSSR count). The van der Waals surface area contributed by atoms with Crippen molar-refractivity contribution in [3.8, 4) is 0 Å². The number of ether oxygens (including phenoxy) is 2. The van der Waals surface area contributed by atoms with Crippen LogP contribution in [0.2, 0.25) is 0 Å². The molecule has 2 aromatic carbocycles. The molecule has 0 spiro atoms. The summed E-state index contributed by atoms with van der Waals surface area (Å²) in [5, 5.41) is 2.73. The van der Waals surface area contributed by atoms with Crippen LogP contribution in [0.15, 0.2) is 59.8 Å². The maximum absolute atomic E-state index is 13.6. The lowest BCUT2D eigenvalue weighted by atomic mass is 10.0. The smallest absolute Gasteiger partial charge is 0.416 e. The van der Waals surface area contributed by atoms with Crippen LogP contribution in [-0.4, -0.2) is 66.9 Å². The molecule has 45 heavy (non-hydrogen) atoms. The Labute approximate surface area is 258 Å². The van der Waals surface area contributed by atoms with Crippen molar-refractivity contribution < 1.29 is 40.7 Å². The summed E-state index contributed by atoms with van der Waals surface area (Å²) < 4.78 is 74.5. The van der Waals surface area contributed by atoms with Crippen LogP contribution in [0, 0.1) is 0 Å². The van der Waals surface area contributed by atoms with Gasteiger partial charge < -0.3 is 19.7 Å². The third-order valence-electron chi connectivity index (χ3n) is 7.28. The first kappa shape index (κ1) is 32.2. The van der Waals surface area contributed by atoms with Crippen molar-refractivity contribution in [2.24, 2.45) is 0 Å². The van der Waals surface area contributed by atoms with E-state index in [1.54, 1.807) is 20.8 Å². The molecule has 0 radical (unpaired) electrons. The predicted molar refractivity (Wildman–Crippen MR) is 157 cm³/mol. The molecule has 1 N–H and O–H groups in total. The van der Waals surface area contributed by atoms with Crippen molar-refractivity contribution >= 4 is 33.5 Å². The van der Waals surface area contributed by atoms with Gasteiger partial charge in [-0.2, -0.15) is 13.2 Å². The molecule has 1 aromatic heterocycles. The zero-order valence-electron chi connectivity index (χ0n) is 25.0. The normalized spacial score (nSPS) is 18.8. The van der Waals surface area contributed by atoms with Crippen molar-refractivity contribution in [2.75, 3.05) is 36.2 Å². The third kappa shape index (κ3) is 7.20. The van der Waals surface area contributed by atoms with Gasteiger partial charge in [0.2, 0.25) is 5.95 Å². The molecule has 11 nitrogen and oxygen atoms in total. The fourth-order valence-corrected chi connectivity index (χ4v) is 5.86. The molecule has 0 unspecified atom stereocenters. The molecule has 2 aliphatic heterocycles. The number of carbonyl (C=O) groups excluding carboxylic acids is 2. The first-order chi connectivity index (χ1) is 21.0. The van der Waals surface area contributed by atoms with Crippen LogP contribution in [0.3, 0.4) is 0 Å². The molecule has 0 aliphatic carbocycles. The summed E-state index contributed by atoms with van der Waals surface area (Å²) in [4.78, 5) is 38.6. The Morgan fingerprint density at radius 2 is 1.71 bits per heavy atom. The van der Waals surface area contributed by atoms with Gasteiger partial charge in [-0.05, 0) is 61.7 Å². The molecule has 2 atom stereocenters. The number of benzene rings is 2. The minimum absolute atomic E-state index is 0.0382. The molecule has 2 amide bonds. The number of rotatable bonds is 5. The lowest BCUT2D eigenvalue weighted by molar-refractivity contribution is -0.137. The number of amides is 2. The monoisotopic (exact) mass is 647 g/mol. The second-order valence-corrected chi connectivity index (χ2v) is 13.8. The molecule has 2 aliphatic rings. The van der Waals surface area contributed by atoms with Gasteiger partial charge in [0.25, 0.3) is 5.91 Å². The molecule has 3 heterocycles. The van der Waals surface area contributed by atoms with Crippen LogP contribution in [0.5, 0.6) is 0 Å². The summed E-state index contributed by atoms with van der Waals surface area (Å²) in [5.41, 5.74) is 0.190. The molecule has 3 aromatic rings. The standard InChI is InChI=1S/C30H32F3N5O6S/c1-29(2,3)44-28(40)38-16-19-13-22(45(4,41)42)9-10-23(19)25(38)26(39)36-21-14-34-27(35-15-21)37-11-12-43-17-24(37)18-5-7-20(8-6-18)30(31,32)33/h5-10,13-15,24-25H,11-12,16-17H2,1-4H3,(H,36,39)/t24-,25-/m1/s1. The minimum atomic E-state index is -4.45. The van der Waals surface area contributed by atoms with E-state index in [0.29, 0.717) is 29.8 Å². The van der Waals surface area contributed by atoms with E-state index in [1.165, 1.54) is 47.6 Å². The highest BCUT2D eigenvalue weighted by atomic mass is 32.2. The number of carbonyl (C=O) groups is 2. The number of sulfone groups is 1. The van der Waals surface area contributed by atoms with Crippen LogP contribution in [0.1, 0.15) is 55.1 Å². The second kappa shape index (κ2) is 11.9. The van der Waals surface area contributed by atoms with Crippen LogP contribution in [-0.2, 0) is 36.8 Å². The van der Waals surface area contributed by atoms with Crippen LogP contribution in [0.25, 0.3) is 0 Å². The highest BCUT2D eigenvalue weighted by Crippen LogP contribution is 2.37. The first-order valence-corrected chi connectivity index (χ1v) is 15.9. The number of alkyl halides is 3. The summed E-state index contributed by atoms with van der Waals surface area (Å²) in [7, 11) is -3.53. The lowest BCUT2D eigenvalue weighted by Gasteiger charge is -2.36. The number of aromatic nitrogens is 2. The molecule has 1 saturated heterocycles. The number of anilines is 2. The van der Waals surface area contributed by atoms with Gasteiger partial charge in [0.15, 0.2) is 9.84 Å². The van der Waals surface area contributed by atoms with E-state index in [9.17, 15) is 31.2 Å². The molecule has 1 fully saturated rings. The van der Waals surface area contributed by atoms with E-state index in [1.807, 2.05) is 4.90 Å². The zero-order chi connectivity index (χ0) is 32.7. The van der Waals surface area contributed by atoms with Crippen LogP contribution < -0.4 is 10.2 Å². The van der Waals surface area contributed by atoms with E-state index < -0.39 is 51.3 Å². The molecule has 15 heteroatoms. The second-order valence-electron chi connectivity index (χ2n) is 11.8. The number of morpholine rings is 1. The summed E-state index contributed by atoms with van der Waals surface area (Å²) in [6, 6.07) is 7.64. The Balaban J connectivity index is 1.36. The third-order valence-corrected chi connectivity index (χ3v) is 8.39. The number of nitrogens with zero attached hydrogens (tertiary/aromatic N) is 4. The largest absolute Gasteiger partial charge is 0.444 e. The summed E-state index contributed by atoms with van der Waals surface area (Å²) in [6.07, 6.45) is -1.34. The Hall–Kier alpha value is -4.24. The fourth-order valence-electron chi connectivity index (χ4n) is 5.19. The van der Waals surface area contributed by atoms with Crippen LogP contribution in [0.4, 0.5) is 29.6 Å². The SMILES string of the molecule is CC(C)(C)OC(=O)N1Cc2cc(S(C)(=O)=O)ccc2[C@@H]1C(=O)Nc1cnc(N2CCOC[C@@H]2c2ccc(C(F)(F)F)cc2)nc1. The Bertz CT molecular complexity index is 1690. The highest BCUT2D eigenvalue weighted by molar-refractivity contribution is 7.90. The van der Waals surface area contributed by atoms with Gasteiger partial charge in [-0.25, -0.2) is 23.2 Å². The number of nitrogens with one attached hydrogen (secondary N) is 1. The Morgan fingerprint density at radius 3 is 2.31 bits per heavy atom. The van der Waals surface area contributed by atoms with Gasteiger partial charge >= 0.3 is 12.3 Å². The molecule has 240 valence electrons. The molecular formula is C30H32F3N5O6S. The molecule has 0 saturated carbocycles. The highest BCUT2D eigenvalue weighted by Gasteiger charge is 2.41. The minimum Gasteiger partial charge on any atom is -0.444 e. The van der Waals surface area contributed by atoms with Gasteiger partial charge in [0.1, 0.15) is 11.6 Å². The molecular weight excluding hydrogens is 615 g/mol.